The minimum Gasteiger partial charge on any atom is -0.467 e. The van der Waals surface area contributed by atoms with Crippen molar-refractivity contribution < 1.29 is 9.47 Å². The molecule has 1 atom stereocenters. The molecule has 0 aliphatic heterocycles. The molecule has 28 heavy (non-hydrogen) atoms. The first-order chi connectivity index (χ1) is 13.6. The Hall–Kier alpha value is -2.48. The first-order valence-corrected chi connectivity index (χ1v) is 10.3. The van der Waals surface area contributed by atoms with Gasteiger partial charge in [0.2, 0.25) is 0 Å². The summed E-state index contributed by atoms with van der Waals surface area (Å²) in [4.78, 5) is 4.83. The molecule has 4 heteroatoms. The van der Waals surface area contributed by atoms with E-state index >= 15 is 0 Å². The van der Waals surface area contributed by atoms with Crippen molar-refractivity contribution in [1.29, 1.82) is 0 Å². The minimum absolute atomic E-state index is 0.247. The van der Waals surface area contributed by atoms with Crippen LogP contribution in [0, 0.1) is 13.8 Å². The van der Waals surface area contributed by atoms with Crippen molar-refractivity contribution in [2.24, 2.45) is 4.99 Å². The van der Waals surface area contributed by atoms with E-state index in [1.54, 1.807) is 7.11 Å². The molecule has 0 aliphatic carbocycles. The van der Waals surface area contributed by atoms with Gasteiger partial charge in [-0.2, -0.15) is 0 Å². The zero-order valence-corrected chi connectivity index (χ0v) is 17.8. The normalized spacial score (nSPS) is 11.9. The summed E-state index contributed by atoms with van der Waals surface area (Å²) in [6.45, 7) is 6.55. The first-order valence-electron chi connectivity index (χ1n) is 9.29. The summed E-state index contributed by atoms with van der Waals surface area (Å²) in [6, 6.07) is 22.8. The van der Waals surface area contributed by atoms with Crippen LogP contribution in [0.3, 0.4) is 0 Å². The van der Waals surface area contributed by atoms with Gasteiger partial charge in [-0.1, -0.05) is 63.2 Å². The Morgan fingerprint density at radius 1 is 0.893 bits per heavy atom. The van der Waals surface area contributed by atoms with E-state index in [0.29, 0.717) is 8.58 Å². The van der Waals surface area contributed by atoms with Crippen LogP contribution in [0.25, 0.3) is 0 Å². The zero-order valence-electron chi connectivity index (χ0n) is 16.8. The molecule has 0 aromatic heterocycles. The zero-order chi connectivity index (χ0) is 19.9. The SMILES string of the molecule is COCOc1c(C)cccc1Pc1c(C)cccc1C(C)=Nc1ccccc1. The van der Waals surface area contributed by atoms with Crippen molar-refractivity contribution >= 4 is 30.6 Å². The fourth-order valence-corrected chi connectivity index (χ4v) is 4.60. The van der Waals surface area contributed by atoms with Gasteiger partial charge in [0.05, 0.1) is 5.69 Å². The molecule has 0 heterocycles. The fraction of sp³-hybridized carbons (Fsp3) is 0.208. The third kappa shape index (κ3) is 4.86. The summed E-state index contributed by atoms with van der Waals surface area (Å²) in [5.74, 6) is 0.912. The summed E-state index contributed by atoms with van der Waals surface area (Å²) in [5, 5.41) is 2.48. The van der Waals surface area contributed by atoms with Crippen molar-refractivity contribution in [2.45, 2.75) is 20.8 Å². The van der Waals surface area contributed by atoms with Gasteiger partial charge in [-0.3, -0.25) is 4.99 Å². The Morgan fingerprint density at radius 3 is 2.36 bits per heavy atom. The third-order valence-electron chi connectivity index (χ3n) is 4.51. The predicted octanol–water partition coefficient (Wildman–Crippen LogP) is 5.06. The van der Waals surface area contributed by atoms with E-state index < -0.39 is 0 Å². The molecule has 0 aliphatic rings. The van der Waals surface area contributed by atoms with E-state index in [2.05, 4.69) is 57.2 Å². The van der Waals surface area contributed by atoms with Gasteiger partial charge in [0, 0.05) is 23.7 Å². The number of aryl methyl sites for hydroxylation is 2. The molecule has 3 aromatic carbocycles. The maximum absolute atomic E-state index is 5.88. The van der Waals surface area contributed by atoms with Gasteiger partial charge in [-0.15, -0.1) is 0 Å². The summed E-state index contributed by atoms with van der Waals surface area (Å²) >= 11 is 0. The van der Waals surface area contributed by atoms with E-state index in [9.17, 15) is 0 Å². The van der Waals surface area contributed by atoms with E-state index in [4.69, 9.17) is 14.5 Å². The van der Waals surface area contributed by atoms with Crippen molar-refractivity contribution in [2.75, 3.05) is 13.9 Å². The van der Waals surface area contributed by atoms with Crippen molar-refractivity contribution in [3.8, 4) is 5.75 Å². The molecule has 0 saturated heterocycles. The second-order valence-corrected chi connectivity index (χ2v) is 7.95. The van der Waals surface area contributed by atoms with Crippen LogP contribution < -0.4 is 15.3 Å². The standard InChI is InChI=1S/C24H26NO2P/c1-17-10-9-15-22(23(17)27-16-26-4)28-24-18(2)11-8-14-21(24)19(3)25-20-12-6-5-7-13-20/h5-15,28H,16H2,1-4H3. The number of rotatable bonds is 7. The lowest BCUT2D eigenvalue weighted by atomic mass is 10.1. The van der Waals surface area contributed by atoms with E-state index in [-0.39, 0.29) is 6.79 Å². The van der Waals surface area contributed by atoms with Crippen LogP contribution in [-0.4, -0.2) is 19.6 Å². The highest BCUT2D eigenvalue weighted by molar-refractivity contribution is 7.56. The molecule has 0 spiro atoms. The highest BCUT2D eigenvalue weighted by Gasteiger charge is 2.14. The largest absolute Gasteiger partial charge is 0.467 e. The lowest BCUT2D eigenvalue weighted by Gasteiger charge is -2.17. The Balaban J connectivity index is 2.00. The quantitative estimate of drug-likeness (QED) is 0.320. The fourth-order valence-electron chi connectivity index (χ4n) is 3.09. The average molecular weight is 391 g/mol. The van der Waals surface area contributed by atoms with Crippen LogP contribution in [0.2, 0.25) is 0 Å². The van der Waals surface area contributed by atoms with Gasteiger partial charge >= 0.3 is 0 Å². The van der Waals surface area contributed by atoms with Crippen LogP contribution in [0.15, 0.2) is 71.7 Å². The molecule has 0 radical (unpaired) electrons. The number of aliphatic imine (C=N–C) groups is 1. The van der Waals surface area contributed by atoms with Gasteiger partial charge in [0.1, 0.15) is 5.75 Å². The van der Waals surface area contributed by atoms with E-state index in [1.807, 2.05) is 30.3 Å². The van der Waals surface area contributed by atoms with Crippen LogP contribution in [0.1, 0.15) is 23.6 Å². The van der Waals surface area contributed by atoms with Crippen LogP contribution in [0.4, 0.5) is 5.69 Å². The van der Waals surface area contributed by atoms with Gasteiger partial charge in [-0.05, 0) is 49.3 Å². The molecule has 0 bridgehead atoms. The molecule has 0 fully saturated rings. The van der Waals surface area contributed by atoms with Gasteiger partial charge in [-0.25, -0.2) is 0 Å². The average Bonchev–Trinajstić information content (AvgIpc) is 2.69. The highest BCUT2D eigenvalue weighted by Crippen LogP contribution is 2.26. The van der Waals surface area contributed by atoms with Gasteiger partial charge in [0.25, 0.3) is 0 Å². The number of methoxy groups -OCH3 is 1. The Labute approximate surface area is 169 Å². The third-order valence-corrected chi connectivity index (χ3v) is 6.09. The van der Waals surface area contributed by atoms with Crippen molar-refractivity contribution in [3.05, 3.63) is 83.4 Å². The molecule has 0 saturated carbocycles. The van der Waals surface area contributed by atoms with Gasteiger partial charge < -0.3 is 9.47 Å². The van der Waals surface area contributed by atoms with E-state index in [0.717, 1.165) is 22.7 Å². The Bertz CT molecular complexity index is 968. The highest BCUT2D eigenvalue weighted by atomic mass is 31.1. The number of para-hydroxylation sites is 2. The molecule has 3 rings (SSSR count). The number of benzene rings is 3. The van der Waals surface area contributed by atoms with Gasteiger partial charge in [0.15, 0.2) is 6.79 Å². The van der Waals surface area contributed by atoms with E-state index in [1.165, 1.54) is 21.7 Å². The maximum Gasteiger partial charge on any atom is 0.188 e. The number of hydrogen-bond donors (Lipinski definition) is 0. The summed E-state index contributed by atoms with van der Waals surface area (Å²) in [6.07, 6.45) is 0. The number of nitrogens with zero attached hydrogens (tertiary/aromatic N) is 1. The molecule has 3 nitrogen and oxygen atoms in total. The molecule has 0 N–H and O–H groups in total. The monoisotopic (exact) mass is 391 g/mol. The summed E-state index contributed by atoms with van der Waals surface area (Å²) in [7, 11) is 2.11. The van der Waals surface area contributed by atoms with Crippen LogP contribution >= 0.6 is 8.58 Å². The smallest absolute Gasteiger partial charge is 0.188 e. The van der Waals surface area contributed by atoms with Crippen molar-refractivity contribution in [3.63, 3.8) is 0 Å². The topological polar surface area (TPSA) is 30.8 Å². The molecule has 144 valence electrons. The number of hydrogen-bond acceptors (Lipinski definition) is 3. The minimum atomic E-state index is 0.247. The number of ether oxygens (including phenoxy) is 2. The second-order valence-electron chi connectivity index (χ2n) is 6.66. The molecule has 0 amide bonds. The van der Waals surface area contributed by atoms with Crippen molar-refractivity contribution in [1.82, 2.24) is 0 Å². The molecule has 3 aromatic rings. The Morgan fingerprint density at radius 2 is 1.61 bits per heavy atom. The maximum atomic E-state index is 5.88. The summed E-state index contributed by atoms with van der Waals surface area (Å²) in [5.41, 5.74) is 5.55. The van der Waals surface area contributed by atoms with Crippen LogP contribution in [0.5, 0.6) is 5.75 Å². The molecule has 1 unspecified atom stereocenters. The van der Waals surface area contributed by atoms with Crippen LogP contribution in [-0.2, 0) is 4.74 Å². The first kappa shape index (κ1) is 20.3. The lowest BCUT2D eigenvalue weighted by molar-refractivity contribution is 0.0514. The predicted molar refractivity (Wildman–Crippen MR) is 121 cm³/mol. The molecular formula is C24H26NO2P. The Kier molecular flexibility index (Phi) is 6.97. The molecular weight excluding hydrogens is 365 g/mol. The summed E-state index contributed by atoms with van der Waals surface area (Å²) < 4.78 is 11.0. The second kappa shape index (κ2) is 9.64. The lowest BCUT2D eigenvalue weighted by Crippen LogP contribution is -2.18.